The van der Waals surface area contributed by atoms with Crippen LogP contribution in [0.1, 0.15) is 26.5 Å². The first-order valence-electron chi connectivity index (χ1n) is 6.26. The van der Waals surface area contributed by atoms with Gasteiger partial charge in [-0.1, -0.05) is 11.6 Å². The third-order valence-corrected chi connectivity index (χ3v) is 5.98. The number of hydrogen-bond acceptors (Lipinski definition) is 5. The maximum absolute atomic E-state index is 12.1. The maximum Gasteiger partial charge on any atom is 0.275 e. The molecule has 0 aromatic carbocycles. The summed E-state index contributed by atoms with van der Waals surface area (Å²) in [7, 11) is -3.94. The molecule has 0 radical (unpaired) electrons. The predicted molar refractivity (Wildman–Crippen MR) is 80.2 cm³/mol. The van der Waals surface area contributed by atoms with Gasteiger partial charge in [0.25, 0.3) is 15.9 Å². The first-order chi connectivity index (χ1) is 9.95. The number of hydrogen-bond donors (Lipinski definition) is 1. The van der Waals surface area contributed by atoms with Gasteiger partial charge in [0.2, 0.25) is 0 Å². The molecule has 0 spiro atoms. The summed E-state index contributed by atoms with van der Waals surface area (Å²) in [6.45, 7) is 0. The summed E-state index contributed by atoms with van der Waals surface area (Å²) in [4.78, 5) is 17.3. The molecular weight excluding hydrogens is 332 g/mol. The number of amides is 1. The number of fused-ring (bicyclic) bond motifs is 1. The molecule has 0 saturated heterocycles. The first kappa shape index (κ1) is 14.5. The van der Waals surface area contributed by atoms with Crippen LogP contribution in [0.25, 0.3) is 0 Å². The molecule has 1 aliphatic rings. The van der Waals surface area contributed by atoms with E-state index in [2.05, 4.69) is 9.71 Å². The number of rotatable bonds is 3. The molecule has 2 heterocycles. The van der Waals surface area contributed by atoms with E-state index < -0.39 is 15.9 Å². The molecule has 0 aliphatic heterocycles. The molecule has 21 heavy (non-hydrogen) atoms. The Morgan fingerprint density at radius 3 is 2.86 bits per heavy atom. The van der Waals surface area contributed by atoms with Crippen LogP contribution in [0.3, 0.4) is 0 Å². The molecule has 110 valence electrons. The van der Waals surface area contributed by atoms with Gasteiger partial charge in [0.05, 0.1) is 9.77 Å². The second kappa shape index (κ2) is 5.40. The number of aromatic nitrogens is 1. The summed E-state index contributed by atoms with van der Waals surface area (Å²) in [5.74, 6) is -0.609. The van der Waals surface area contributed by atoms with E-state index in [4.69, 9.17) is 11.6 Å². The lowest BCUT2D eigenvalue weighted by Gasteiger charge is -2.05. The Kier molecular flexibility index (Phi) is 3.73. The van der Waals surface area contributed by atoms with E-state index in [1.54, 1.807) is 6.07 Å². The second-order valence-corrected chi connectivity index (χ2v) is 7.87. The highest BCUT2D eigenvalue weighted by molar-refractivity contribution is 7.90. The SMILES string of the molecule is O=C(NS(=O)(=O)c1ccnc(Cl)c1)c1cc2c(s1)CCC2. The summed E-state index contributed by atoms with van der Waals surface area (Å²) < 4.78 is 26.3. The average molecular weight is 343 g/mol. The molecule has 1 amide bonds. The minimum absolute atomic E-state index is 0.0559. The third-order valence-electron chi connectivity index (χ3n) is 3.21. The zero-order valence-corrected chi connectivity index (χ0v) is 13.2. The predicted octanol–water partition coefficient (Wildman–Crippen LogP) is 2.40. The number of thiophene rings is 1. The normalized spacial score (nSPS) is 14.0. The van der Waals surface area contributed by atoms with Gasteiger partial charge in [-0.3, -0.25) is 4.79 Å². The van der Waals surface area contributed by atoms with Gasteiger partial charge >= 0.3 is 0 Å². The van der Waals surface area contributed by atoms with Crippen molar-refractivity contribution in [1.82, 2.24) is 9.71 Å². The van der Waals surface area contributed by atoms with E-state index in [0.717, 1.165) is 24.8 Å². The number of pyridine rings is 1. The van der Waals surface area contributed by atoms with Crippen LogP contribution in [0.4, 0.5) is 0 Å². The van der Waals surface area contributed by atoms with Crippen molar-refractivity contribution in [1.29, 1.82) is 0 Å². The van der Waals surface area contributed by atoms with Crippen LogP contribution in [0, 0.1) is 0 Å². The van der Waals surface area contributed by atoms with Crippen LogP contribution < -0.4 is 4.72 Å². The Hall–Kier alpha value is -1.44. The van der Waals surface area contributed by atoms with Gasteiger partial charge in [-0.05, 0) is 43.0 Å². The lowest BCUT2D eigenvalue weighted by Crippen LogP contribution is -2.30. The molecule has 0 fully saturated rings. The van der Waals surface area contributed by atoms with E-state index in [1.807, 2.05) is 0 Å². The van der Waals surface area contributed by atoms with Gasteiger partial charge in [0.15, 0.2) is 0 Å². The molecule has 2 aromatic rings. The highest BCUT2D eigenvalue weighted by atomic mass is 35.5. The van der Waals surface area contributed by atoms with Crippen LogP contribution in [-0.4, -0.2) is 19.3 Å². The summed E-state index contributed by atoms with van der Waals surface area (Å²) in [5, 5.41) is 0.0559. The maximum atomic E-state index is 12.1. The van der Waals surface area contributed by atoms with E-state index >= 15 is 0 Å². The molecular formula is C13H11ClN2O3S2. The Morgan fingerprint density at radius 2 is 2.14 bits per heavy atom. The Balaban J connectivity index is 1.83. The van der Waals surface area contributed by atoms with Crippen molar-refractivity contribution in [3.05, 3.63) is 44.9 Å². The van der Waals surface area contributed by atoms with Crippen LogP contribution in [0.15, 0.2) is 29.3 Å². The minimum Gasteiger partial charge on any atom is -0.267 e. The molecule has 0 unspecified atom stereocenters. The lowest BCUT2D eigenvalue weighted by atomic mass is 10.2. The average Bonchev–Trinajstić information content (AvgIpc) is 2.98. The number of halogens is 1. The van der Waals surface area contributed by atoms with E-state index in [-0.39, 0.29) is 10.0 Å². The Labute approximate surface area is 131 Å². The standard InChI is InChI=1S/C13H11ClN2O3S2/c14-12-7-9(4-5-15-12)21(18,19)16-13(17)11-6-8-2-1-3-10(8)20-11/h4-7H,1-3H2,(H,16,17). The summed E-state index contributed by atoms with van der Waals surface area (Å²) in [6, 6.07) is 4.26. The van der Waals surface area contributed by atoms with E-state index in [9.17, 15) is 13.2 Å². The number of sulfonamides is 1. The molecule has 3 rings (SSSR count). The fourth-order valence-electron chi connectivity index (χ4n) is 2.22. The fourth-order valence-corrected chi connectivity index (χ4v) is 4.65. The van der Waals surface area contributed by atoms with Crippen molar-refractivity contribution in [2.45, 2.75) is 24.2 Å². The molecule has 2 aromatic heterocycles. The summed E-state index contributed by atoms with van der Waals surface area (Å²) in [5.41, 5.74) is 1.15. The Morgan fingerprint density at radius 1 is 1.33 bits per heavy atom. The number of carbonyl (C=O) groups excluding carboxylic acids is 1. The van der Waals surface area contributed by atoms with Crippen molar-refractivity contribution >= 4 is 38.9 Å². The van der Waals surface area contributed by atoms with Crippen molar-refractivity contribution < 1.29 is 13.2 Å². The van der Waals surface area contributed by atoms with Gasteiger partial charge in [0.1, 0.15) is 5.15 Å². The Bertz CT molecular complexity index is 793. The summed E-state index contributed by atoms with van der Waals surface area (Å²) >= 11 is 7.02. The zero-order valence-electron chi connectivity index (χ0n) is 10.8. The van der Waals surface area contributed by atoms with Crippen molar-refractivity contribution in [3.63, 3.8) is 0 Å². The van der Waals surface area contributed by atoms with Gasteiger partial charge in [-0.25, -0.2) is 18.1 Å². The van der Waals surface area contributed by atoms with Gasteiger partial charge in [-0.2, -0.15) is 0 Å². The molecule has 1 aliphatic carbocycles. The highest BCUT2D eigenvalue weighted by Crippen LogP contribution is 2.30. The molecule has 0 atom stereocenters. The largest absolute Gasteiger partial charge is 0.275 e. The molecule has 1 N–H and O–H groups in total. The van der Waals surface area contributed by atoms with Gasteiger partial charge in [-0.15, -0.1) is 11.3 Å². The molecule has 0 saturated carbocycles. The molecule has 8 heteroatoms. The number of carbonyl (C=O) groups is 1. The van der Waals surface area contributed by atoms with Gasteiger partial charge in [0, 0.05) is 11.1 Å². The van der Waals surface area contributed by atoms with Crippen LogP contribution in [0.2, 0.25) is 5.15 Å². The number of aryl methyl sites for hydroxylation is 2. The number of nitrogens with one attached hydrogen (secondary N) is 1. The molecule has 0 bridgehead atoms. The zero-order chi connectivity index (χ0) is 15.0. The van der Waals surface area contributed by atoms with E-state index in [1.165, 1.54) is 34.5 Å². The van der Waals surface area contributed by atoms with Crippen LogP contribution in [-0.2, 0) is 22.9 Å². The fraction of sp³-hybridized carbons (Fsp3) is 0.231. The van der Waals surface area contributed by atoms with Crippen LogP contribution >= 0.6 is 22.9 Å². The van der Waals surface area contributed by atoms with Crippen molar-refractivity contribution in [2.24, 2.45) is 0 Å². The number of nitrogens with zero attached hydrogens (tertiary/aromatic N) is 1. The smallest absolute Gasteiger partial charge is 0.267 e. The summed E-state index contributed by atoms with van der Waals surface area (Å²) in [6.07, 6.45) is 4.28. The molecule has 5 nitrogen and oxygen atoms in total. The minimum atomic E-state index is -3.94. The van der Waals surface area contributed by atoms with Gasteiger partial charge < -0.3 is 0 Å². The lowest BCUT2D eigenvalue weighted by molar-refractivity contribution is 0.0985. The third kappa shape index (κ3) is 2.95. The van der Waals surface area contributed by atoms with Crippen molar-refractivity contribution in [3.8, 4) is 0 Å². The highest BCUT2D eigenvalue weighted by Gasteiger charge is 2.23. The monoisotopic (exact) mass is 342 g/mol. The van der Waals surface area contributed by atoms with Crippen molar-refractivity contribution in [2.75, 3.05) is 0 Å². The second-order valence-electron chi connectivity index (χ2n) is 4.66. The topological polar surface area (TPSA) is 76.1 Å². The van der Waals surface area contributed by atoms with Crippen LogP contribution in [0.5, 0.6) is 0 Å². The quantitative estimate of drug-likeness (QED) is 0.869. The van der Waals surface area contributed by atoms with E-state index in [0.29, 0.717) is 4.88 Å². The first-order valence-corrected chi connectivity index (χ1v) is 8.94.